The van der Waals surface area contributed by atoms with Crippen LogP contribution in [0.1, 0.15) is 65.3 Å². The molecule has 2 aromatic rings. The number of carbonyl (C=O) groups excluding carboxylic acids is 1. The maximum Gasteiger partial charge on any atom is 0.253 e. The molecule has 0 radical (unpaired) electrons. The van der Waals surface area contributed by atoms with Gasteiger partial charge in [0.1, 0.15) is 0 Å². The summed E-state index contributed by atoms with van der Waals surface area (Å²) in [4.78, 5) is 30.4. The summed E-state index contributed by atoms with van der Waals surface area (Å²) in [5.41, 5.74) is 4.34. The SMILES string of the molecule is CCN(c1cc(Cl)cc(C(=O)NCc2c(C)cc(C)[nH]c2=O)c1C)[C@H]1CC[C@H](O)CC1. The first kappa shape index (κ1) is 23.4. The summed E-state index contributed by atoms with van der Waals surface area (Å²) in [5, 5.41) is 13.2. The molecule has 1 aromatic carbocycles. The Bertz CT molecular complexity index is 1010. The fourth-order valence-electron chi connectivity index (χ4n) is 4.56. The third-order valence-corrected chi connectivity index (χ3v) is 6.48. The number of anilines is 1. The Morgan fingerprint density at radius 3 is 2.48 bits per heavy atom. The smallest absolute Gasteiger partial charge is 0.253 e. The summed E-state index contributed by atoms with van der Waals surface area (Å²) < 4.78 is 0. The second kappa shape index (κ2) is 9.88. The molecule has 1 aromatic heterocycles. The van der Waals surface area contributed by atoms with Crippen LogP contribution < -0.4 is 15.8 Å². The minimum absolute atomic E-state index is 0.152. The molecule has 0 bridgehead atoms. The second-order valence-electron chi connectivity index (χ2n) is 8.47. The number of pyridine rings is 1. The molecule has 0 unspecified atom stereocenters. The number of amides is 1. The van der Waals surface area contributed by atoms with Crippen LogP contribution in [-0.2, 0) is 6.54 Å². The number of hydrogen-bond donors (Lipinski definition) is 3. The van der Waals surface area contributed by atoms with Crippen molar-refractivity contribution in [1.82, 2.24) is 10.3 Å². The molecular formula is C24H32ClN3O3. The van der Waals surface area contributed by atoms with Gasteiger partial charge in [0, 0.05) is 46.7 Å². The summed E-state index contributed by atoms with van der Waals surface area (Å²) >= 11 is 6.41. The Morgan fingerprint density at radius 1 is 1.19 bits per heavy atom. The van der Waals surface area contributed by atoms with Crippen molar-refractivity contribution < 1.29 is 9.90 Å². The lowest BCUT2D eigenvalue weighted by molar-refractivity contribution is 0.0950. The zero-order valence-electron chi connectivity index (χ0n) is 18.7. The van der Waals surface area contributed by atoms with Gasteiger partial charge in [-0.2, -0.15) is 0 Å². The van der Waals surface area contributed by atoms with Crippen molar-refractivity contribution in [3.05, 3.63) is 61.5 Å². The van der Waals surface area contributed by atoms with Crippen molar-refractivity contribution in [3.8, 4) is 0 Å². The molecular weight excluding hydrogens is 414 g/mol. The zero-order chi connectivity index (χ0) is 22.7. The van der Waals surface area contributed by atoms with Gasteiger partial charge in [-0.3, -0.25) is 9.59 Å². The van der Waals surface area contributed by atoms with Crippen LogP contribution in [0.5, 0.6) is 0 Å². The van der Waals surface area contributed by atoms with E-state index < -0.39 is 0 Å². The number of aliphatic hydroxyl groups is 1. The first-order valence-corrected chi connectivity index (χ1v) is 11.3. The summed E-state index contributed by atoms with van der Waals surface area (Å²) in [6, 6.07) is 5.80. The Morgan fingerprint density at radius 2 is 1.87 bits per heavy atom. The fraction of sp³-hybridized carbons (Fsp3) is 0.500. The van der Waals surface area contributed by atoms with Crippen molar-refractivity contribution in [2.75, 3.05) is 11.4 Å². The van der Waals surface area contributed by atoms with E-state index in [1.807, 2.05) is 32.9 Å². The van der Waals surface area contributed by atoms with Crippen LogP contribution in [-0.4, -0.2) is 34.7 Å². The number of nitrogens with one attached hydrogen (secondary N) is 2. The lowest BCUT2D eigenvalue weighted by atomic mass is 9.91. The number of hydrogen-bond acceptors (Lipinski definition) is 4. The van der Waals surface area contributed by atoms with Crippen LogP contribution in [0.3, 0.4) is 0 Å². The van der Waals surface area contributed by atoms with Crippen LogP contribution >= 0.6 is 11.6 Å². The fourth-order valence-corrected chi connectivity index (χ4v) is 4.77. The summed E-state index contributed by atoms with van der Waals surface area (Å²) in [6.07, 6.45) is 3.19. The monoisotopic (exact) mass is 445 g/mol. The molecule has 7 heteroatoms. The molecule has 168 valence electrons. The molecule has 3 N–H and O–H groups in total. The highest BCUT2D eigenvalue weighted by Crippen LogP contribution is 2.33. The highest BCUT2D eigenvalue weighted by Gasteiger charge is 2.26. The van der Waals surface area contributed by atoms with E-state index in [4.69, 9.17) is 11.6 Å². The Labute approximate surface area is 188 Å². The van der Waals surface area contributed by atoms with Crippen molar-refractivity contribution in [2.45, 2.75) is 72.1 Å². The Balaban J connectivity index is 1.84. The van der Waals surface area contributed by atoms with Gasteiger partial charge < -0.3 is 20.3 Å². The van der Waals surface area contributed by atoms with Gasteiger partial charge in [-0.05, 0) is 82.7 Å². The molecule has 1 saturated carbocycles. The number of rotatable bonds is 6. The number of benzene rings is 1. The maximum atomic E-state index is 13.0. The number of carbonyl (C=O) groups is 1. The lowest BCUT2D eigenvalue weighted by Crippen LogP contribution is -2.39. The van der Waals surface area contributed by atoms with Crippen LogP contribution in [0.15, 0.2) is 23.0 Å². The average Bonchev–Trinajstić information content (AvgIpc) is 2.71. The maximum absolute atomic E-state index is 13.0. The lowest BCUT2D eigenvalue weighted by Gasteiger charge is -2.38. The first-order chi connectivity index (χ1) is 14.7. The van der Waals surface area contributed by atoms with Crippen molar-refractivity contribution in [1.29, 1.82) is 0 Å². The number of H-pyrrole nitrogens is 1. The minimum Gasteiger partial charge on any atom is -0.393 e. The van der Waals surface area contributed by atoms with Gasteiger partial charge in [0.2, 0.25) is 0 Å². The van der Waals surface area contributed by atoms with E-state index in [1.54, 1.807) is 6.07 Å². The molecule has 0 spiro atoms. The Hall–Kier alpha value is -2.31. The van der Waals surface area contributed by atoms with E-state index in [0.717, 1.165) is 54.7 Å². The number of halogens is 1. The van der Waals surface area contributed by atoms with E-state index >= 15 is 0 Å². The molecule has 1 heterocycles. The van der Waals surface area contributed by atoms with Gasteiger partial charge in [0.25, 0.3) is 11.5 Å². The average molecular weight is 446 g/mol. The molecule has 0 atom stereocenters. The van der Waals surface area contributed by atoms with Gasteiger partial charge in [-0.15, -0.1) is 0 Å². The highest BCUT2D eigenvalue weighted by molar-refractivity contribution is 6.31. The molecule has 1 fully saturated rings. The van der Waals surface area contributed by atoms with Gasteiger partial charge in [-0.1, -0.05) is 11.6 Å². The molecule has 0 aliphatic heterocycles. The molecule has 31 heavy (non-hydrogen) atoms. The molecule has 0 saturated heterocycles. The summed E-state index contributed by atoms with van der Waals surface area (Å²) in [7, 11) is 0. The third kappa shape index (κ3) is 5.31. The van der Waals surface area contributed by atoms with Crippen molar-refractivity contribution in [2.24, 2.45) is 0 Å². The predicted octanol–water partition coefficient (Wildman–Crippen LogP) is 4.01. The molecule has 1 aliphatic rings. The van der Waals surface area contributed by atoms with E-state index in [0.29, 0.717) is 22.2 Å². The number of aromatic amines is 1. The normalized spacial score (nSPS) is 18.6. The van der Waals surface area contributed by atoms with E-state index in [-0.39, 0.29) is 24.1 Å². The van der Waals surface area contributed by atoms with E-state index in [1.165, 1.54) is 0 Å². The topological polar surface area (TPSA) is 85.4 Å². The second-order valence-corrected chi connectivity index (χ2v) is 8.91. The quantitative estimate of drug-likeness (QED) is 0.627. The number of aryl methyl sites for hydroxylation is 2. The van der Waals surface area contributed by atoms with Crippen molar-refractivity contribution in [3.63, 3.8) is 0 Å². The third-order valence-electron chi connectivity index (χ3n) is 6.27. The van der Waals surface area contributed by atoms with E-state index in [9.17, 15) is 14.7 Å². The molecule has 1 amide bonds. The van der Waals surface area contributed by atoms with Crippen molar-refractivity contribution >= 4 is 23.2 Å². The predicted molar refractivity (Wildman–Crippen MR) is 125 cm³/mol. The van der Waals surface area contributed by atoms with Crippen LogP contribution in [0.4, 0.5) is 5.69 Å². The van der Waals surface area contributed by atoms with Crippen LogP contribution in [0, 0.1) is 20.8 Å². The van der Waals surface area contributed by atoms with Gasteiger partial charge >= 0.3 is 0 Å². The standard InChI is InChI=1S/C24H32ClN3O3/c1-5-28(18-6-8-19(29)9-7-18)22-12-17(25)11-20(16(22)4)23(30)26-13-21-14(2)10-15(3)27-24(21)31/h10-12,18-19,29H,5-9,13H2,1-4H3,(H,26,30)(H,27,31)/t18-,19-. The number of nitrogens with zero attached hydrogens (tertiary/aromatic N) is 1. The van der Waals surface area contributed by atoms with E-state index in [2.05, 4.69) is 22.1 Å². The Kier molecular flexibility index (Phi) is 7.44. The highest BCUT2D eigenvalue weighted by atomic mass is 35.5. The molecule has 6 nitrogen and oxygen atoms in total. The van der Waals surface area contributed by atoms with Gasteiger partial charge in [-0.25, -0.2) is 0 Å². The van der Waals surface area contributed by atoms with Crippen LogP contribution in [0.2, 0.25) is 5.02 Å². The summed E-state index contributed by atoms with van der Waals surface area (Å²) in [5.74, 6) is -0.254. The molecule has 1 aliphatic carbocycles. The van der Waals surface area contributed by atoms with Crippen LogP contribution in [0.25, 0.3) is 0 Å². The first-order valence-electron chi connectivity index (χ1n) is 10.9. The number of aromatic nitrogens is 1. The number of aliphatic hydroxyl groups excluding tert-OH is 1. The zero-order valence-corrected chi connectivity index (χ0v) is 19.5. The largest absolute Gasteiger partial charge is 0.393 e. The molecule has 3 rings (SSSR count). The summed E-state index contributed by atoms with van der Waals surface area (Å²) in [6.45, 7) is 8.68. The van der Waals surface area contributed by atoms with Gasteiger partial charge in [0.05, 0.1) is 6.10 Å². The minimum atomic E-state index is -0.254. The van der Waals surface area contributed by atoms with Gasteiger partial charge in [0.15, 0.2) is 0 Å².